The molecule has 3 aliphatic rings. The lowest BCUT2D eigenvalue weighted by Gasteiger charge is -2.55. The molecule has 4 N–H and O–H groups in total. The maximum absolute atomic E-state index is 13.5. The van der Waals surface area contributed by atoms with Crippen LogP contribution in [0, 0.1) is 16.7 Å². The third-order valence-electron chi connectivity index (χ3n) is 9.47. The fourth-order valence-corrected chi connectivity index (χ4v) is 7.54. The zero-order chi connectivity index (χ0) is 30.7. The first kappa shape index (κ1) is 30.9. The molecule has 0 heterocycles. The van der Waals surface area contributed by atoms with Gasteiger partial charge in [0, 0.05) is 26.2 Å². The molecule has 0 amide bonds. The molecule has 0 unspecified atom stereocenters. The fraction of sp³-hybridized carbons (Fsp3) is 0.581. The molecule has 0 spiro atoms. The maximum atomic E-state index is 13.5. The minimum Gasteiger partial charge on any atom is -0.462 e. The average molecular weight is 573 g/mol. The highest BCUT2D eigenvalue weighted by molar-refractivity contribution is 5.89. The number of carbonyl (C=O) groups is 3. The Balaban J connectivity index is 2.08. The molecular weight excluding hydrogens is 532 g/mol. The predicted molar refractivity (Wildman–Crippen MR) is 146 cm³/mol. The van der Waals surface area contributed by atoms with E-state index in [2.05, 4.69) is 6.58 Å². The molecule has 3 aliphatic carbocycles. The third kappa shape index (κ3) is 4.80. The van der Waals surface area contributed by atoms with Gasteiger partial charge in [0.1, 0.15) is 24.4 Å². The van der Waals surface area contributed by atoms with Gasteiger partial charge in [0.25, 0.3) is 0 Å². The summed E-state index contributed by atoms with van der Waals surface area (Å²) in [6.45, 7) is 12.7. The number of hydrogen-bond donors (Lipinski definition) is 4. The number of ether oxygens (including phenoxy) is 3. The fourth-order valence-electron chi connectivity index (χ4n) is 7.54. The lowest BCUT2D eigenvalue weighted by atomic mass is 9.54. The smallest absolute Gasteiger partial charge is 0.338 e. The van der Waals surface area contributed by atoms with E-state index in [-0.39, 0.29) is 29.6 Å². The van der Waals surface area contributed by atoms with Crippen LogP contribution in [-0.4, -0.2) is 80.6 Å². The van der Waals surface area contributed by atoms with E-state index in [1.807, 2.05) is 0 Å². The van der Waals surface area contributed by atoms with Crippen molar-refractivity contribution in [2.24, 2.45) is 16.7 Å². The first-order valence-corrected chi connectivity index (χ1v) is 13.7. The van der Waals surface area contributed by atoms with Gasteiger partial charge in [-0.2, -0.15) is 0 Å². The average Bonchev–Trinajstić information content (AvgIpc) is 3.12. The predicted octanol–water partition coefficient (Wildman–Crippen LogP) is 2.23. The summed E-state index contributed by atoms with van der Waals surface area (Å²) in [5.41, 5.74) is -3.97. The highest BCUT2D eigenvalue weighted by atomic mass is 16.6. The second-order valence-electron chi connectivity index (χ2n) is 12.3. The van der Waals surface area contributed by atoms with Gasteiger partial charge in [0.2, 0.25) is 0 Å². The van der Waals surface area contributed by atoms with Crippen molar-refractivity contribution >= 4 is 17.9 Å². The van der Waals surface area contributed by atoms with Crippen LogP contribution in [0.1, 0.15) is 64.7 Å². The van der Waals surface area contributed by atoms with Crippen LogP contribution in [0.3, 0.4) is 0 Å². The van der Waals surface area contributed by atoms with Crippen molar-refractivity contribution in [3.05, 3.63) is 59.2 Å². The zero-order valence-corrected chi connectivity index (χ0v) is 24.3. The molecule has 0 saturated heterocycles. The van der Waals surface area contributed by atoms with Crippen molar-refractivity contribution in [1.82, 2.24) is 0 Å². The zero-order valence-electron chi connectivity index (χ0n) is 24.3. The number of hydrogen-bond acceptors (Lipinski definition) is 10. The largest absolute Gasteiger partial charge is 0.462 e. The summed E-state index contributed by atoms with van der Waals surface area (Å²) >= 11 is 0. The summed E-state index contributed by atoms with van der Waals surface area (Å²) in [5, 5.41) is 46.4. The van der Waals surface area contributed by atoms with Gasteiger partial charge in [-0.3, -0.25) is 9.59 Å². The first-order chi connectivity index (χ1) is 19.0. The second kappa shape index (κ2) is 10.7. The molecule has 41 heavy (non-hydrogen) atoms. The molecule has 10 nitrogen and oxygen atoms in total. The van der Waals surface area contributed by atoms with E-state index in [9.17, 15) is 34.8 Å². The molecule has 1 aromatic rings. The van der Waals surface area contributed by atoms with E-state index in [0.29, 0.717) is 5.57 Å². The van der Waals surface area contributed by atoms with E-state index in [1.165, 1.54) is 27.7 Å². The minimum atomic E-state index is -1.72. The van der Waals surface area contributed by atoms with Crippen molar-refractivity contribution in [2.75, 3.05) is 0 Å². The van der Waals surface area contributed by atoms with Crippen molar-refractivity contribution in [3.8, 4) is 0 Å². The second-order valence-corrected chi connectivity index (χ2v) is 12.3. The molecule has 224 valence electrons. The van der Waals surface area contributed by atoms with Crippen LogP contribution in [0.15, 0.2) is 53.6 Å². The summed E-state index contributed by atoms with van der Waals surface area (Å²) in [5.74, 6) is -3.27. The number of esters is 3. The number of carbonyl (C=O) groups excluding carboxylic acids is 3. The van der Waals surface area contributed by atoms with E-state index in [0.717, 1.165) is 0 Å². The Morgan fingerprint density at radius 2 is 1.54 bits per heavy atom. The summed E-state index contributed by atoms with van der Waals surface area (Å²) in [6.07, 6.45) is -8.16. The number of rotatable bonds is 5. The van der Waals surface area contributed by atoms with Crippen LogP contribution >= 0.6 is 0 Å². The van der Waals surface area contributed by atoms with E-state index in [1.54, 1.807) is 44.2 Å². The molecule has 0 radical (unpaired) electrons. The number of aliphatic hydroxyl groups excluding tert-OH is 3. The molecule has 0 aliphatic heterocycles. The normalized spacial score (nSPS) is 37.0. The number of aliphatic hydroxyl groups is 4. The SMILES string of the molecule is C=C1[C@@H](O)C[C@H](OC(C)=O)[C@@]2(C)[C@@H](OC(=O)c3ccccc3)[C@H](O)C3=C(C)[C@@H](O)C[C@]3(C(C)(C)O)[C@@H](OC(C)=O)[C@H]12. The van der Waals surface area contributed by atoms with Crippen LogP contribution in [0.5, 0.6) is 0 Å². The molecular formula is C31H40O10. The molecule has 2 saturated carbocycles. The Morgan fingerprint density at radius 1 is 0.951 bits per heavy atom. The Hall–Kier alpha value is -3.05. The molecule has 4 rings (SSSR count). The first-order valence-electron chi connectivity index (χ1n) is 13.7. The molecule has 10 heteroatoms. The van der Waals surface area contributed by atoms with Gasteiger partial charge in [-0.1, -0.05) is 31.7 Å². The van der Waals surface area contributed by atoms with Crippen molar-refractivity contribution in [2.45, 2.75) is 96.6 Å². The molecule has 0 aromatic heterocycles. The van der Waals surface area contributed by atoms with Crippen LogP contribution in [-0.2, 0) is 23.8 Å². The molecule has 2 fully saturated rings. The van der Waals surface area contributed by atoms with Crippen molar-refractivity contribution in [1.29, 1.82) is 0 Å². The standard InChI is InChI=1S/C31H40O10/c1-15-20(34)13-22(39-17(3)32)30(7)24(15)26(40-18(4)33)31(29(5,6)38)14-21(35)16(2)23(31)25(36)27(30)41-28(37)19-11-9-8-10-12-19/h8-12,20-22,24-27,34-36,38H,1,13-14H2,2-7H3/t20-,21-,22-,24-,25+,26-,27-,30+,31+/m0/s1. The summed E-state index contributed by atoms with van der Waals surface area (Å²) in [4.78, 5) is 38.6. The van der Waals surface area contributed by atoms with Gasteiger partial charge in [0.15, 0.2) is 0 Å². The highest BCUT2D eigenvalue weighted by Crippen LogP contribution is 2.65. The van der Waals surface area contributed by atoms with E-state index in [4.69, 9.17) is 14.2 Å². The summed E-state index contributed by atoms with van der Waals surface area (Å²) in [7, 11) is 0. The topological polar surface area (TPSA) is 160 Å². The molecule has 0 bridgehead atoms. The Morgan fingerprint density at radius 3 is 2.07 bits per heavy atom. The van der Waals surface area contributed by atoms with Gasteiger partial charge >= 0.3 is 17.9 Å². The van der Waals surface area contributed by atoms with Gasteiger partial charge in [-0.05, 0) is 56.0 Å². The van der Waals surface area contributed by atoms with Crippen molar-refractivity contribution < 1.29 is 49.0 Å². The lowest BCUT2D eigenvalue weighted by Crippen LogP contribution is -2.63. The lowest BCUT2D eigenvalue weighted by molar-refractivity contribution is -0.207. The minimum absolute atomic E-state index is 0.125. The monoisotopic (exact) mass is 572 g/mol. The number of benzene rings is 1. The Bertz CT molecular complexity index is 1260. The van der Waals surface area contributed by atoms with Crippen LogP contribution in [0.4, 0.5) is 0 Å². The summed E-state index contributed by atoms with van der Waals surface area (Å²) < 4.78 is 17.8. The van der Waals surface area contributed by atoms with Crippen LogP contribution in [0.25, 0.3) is 0 Å². The number of fused-ring (bicyclic) bond motifs is 2. The van der Waals surface area contributed by atoms with E-state index >= 15 is 0 Å². The maximum Gasteiger partial charge on any atom is 0.338 e. The third-order valence-corrected chi connectivity index (χ3v) is 9.47. The van der Waals surface area contributed by atoms with Gasteiger partial charge in [-0.25, -0.2) is 4.79 Å². The summed E-state index contributed by atoms with van der Waals surface area (Å²) in [6, 6.07) is 8.13. The van der Waals surface area contributed by atoms with E-state index < -0.39 is 76.9 Å². The van der Waals surface area contributed by atoms with Gasteiger partial charge in [0.05, 0.1) is 34.2 Å². The van der Waals surface area contributed by atoms with Gasteiger partial charge in [-0.15, -0.1) is 0 Å². The van der Waals surface area contributed by atoms with Crippen LogP contribution < -0.4 is 0 Å². The Labute approximate surface area is 239 Å². The molecule has 1 aromatic carbocycles. The molecule has 9 atom stereocenters. The highest BCUT2D eigenvalue weighted by Gasteiger charge is 2.73. The Kier molecular flexibility index (Phi) is 8.03. The quantitative estimate of drug-likeness (QED) is 0.234. The van der Waals surface area contributed by atoms with Crippen LogP contribution in [0.2, 0.25) is 0 Å². The van der Waals surface area contributed by atoms with Crippen molar-refractivity contribution in [3.63, 3.8) is 0 Å². The van der Waals surface area contributed by atoms with Gasteiger partial charge < -0.3 is 34.6 Å².